The van der Waals surface area contributed by atoms with E-state index in [0.29, 0.717) is 41.1 Å². The first-order valence-corrected chi connectivity index (χ1v) is 9.00. The number of nitrogens with zero attached hydrogens (tertiary/aromatic N) is 4. The summed E-state index contributed by atoms with van der Waals surface area (Å²) in [6, 6.07) is 5.21. The third-order valence-corrected chi connectivity index (χ3v) is 4.81. The number of benzene rings is 1. The van der Waals surface area contributed by atoms with Crippen molar-refractivity contribution in [2.45, 2.75) is 39.3 Å². The minimum Gasteiger partial charge on any atom is -0.375 e. The molecule has 1 fully saturated rings. The number of aromatic nitrogens is 3. The molecule has 0 spiro atoms. The van der Waals surface area contributed by atoms with Crippen LogP contribution in [0.5, 0.6) is 0 Å². The lowest BCUT2D eigenvalue weighted by Gasteiger charge is -2.36. The van der Waals surface area contributed by atoms with Gasteiger partial charge in [-0.15, -0.1) is 5.10 Å². The van der Waals surface area contributed by atoms with Gasteiger partial charge in [-0.1, -0.05) is 36.2 Å². The van der Waals surface area contributed by atoms with Crippen molar-refractivity contribution in [2.24, 2.45) is 0 Å². The second-order valence-corrected chi connectivity index (χ2v) is 6.95. The molecule has 134 valence electrons. The first-order valence-electron chi connectivity index (χ1n) is 8.25. The fraction of sp³-hybridized carbons (Fsp3) is 0.471. The number of para-hydroxylation sites is 1. The van der Waals surface area contributed by atoms with Gasteiger partial charge in [-0.05, 0) is 26.0 Å². The summed E-state index contributed by atoms with van der Waals surface area (Å²) in [5.74, 6) is 0.570. The first kappa shape index (κ1) is 18.2. The zero-order chi connectivity index (χ0) is 18.1. The summed E-state index contributed by atoms with van der Waals surface area (Å²) in [5.41, 5.74) is 0.539. The Morgan fingerprint density at radius 2 is 2.00 bits per heavy atom. The van der Waals surface area contributed by atoms with Gasteiger partial charge >= 0.3 is 0 Å². The molecule has 25 heavy (non-hydrogen) atoms. The highest BCUT2D eigenvalue weighted by Gasteiger charge is 2.31. The third kappa shape index (κ3) is 3.52. The SMILES string of the molecule is CCc1nc(C(=O)N2CC(C)OCC2C)nn1-c1c(Cl)cccc1Cl. The molecular formula is C17H20Cl2N4O2. The van der Waals surface area contributed by atoms with Gasteiger partial charge in [0.15, 0.2) is 0 Å². The van der Waals surface area contributed by atoms with Crippen LogP contribution in [0.15, 0.2) is 18.2 Å². The Kier molecular flexibility index (Phi) is 5.32. The van der Waals surface area contributed by atoms with E-state index < -0.39 is 0 Å². The van der Waals surface area contributed by atoms with Crippen LogP contribution in [0.2, 0.25) is 10.0 Å². The Bertz CT molecular complexity index is 773. The van der Waals surface area contributed by atoms with E-state index in [1.165, 1.54) is 0 Å². The molecule has 1 aliphatic heterocycles. The number of halogens is 2. The predicted molar refractivity (Wildman–Crippen MR) is 96.7 cm³/mol. The largest absolute Gasteiger partial charge is 0.375 e. The molecule has 3 rings (SSSR count). The van der Waals surface area contributed by atoms with E-state index in [2.05, 4.69) is 10.1 Å². The zero-order valence-corrected chi connectivity index (χ0v) is 15.9. The van der Waals surface area contributed by atoms with Gasteiger partial charge in [-0.2, -0.15) is 0 Å². The van der Waals surface area contributed by atoms with Crippen molar-refractivity contribution in [1.82, 2.24) is 19.7 Å². The van der Waals surface area contributed by atoms with Gasteiger partial charge in [0.25, 0.3) is 5.91 Å². The van der Waals surface area contributed by atoms with Gasteiger partial charge in [0.05, 0.1) is 28.8 Å². The lowest BCUT2D eigenvalue weighted by molar-refractivity contribution is -0.0391. The minimum atomic E-state index is -0.209. The minimum absolute atomic E-state index is 0.00843. The summed E-state index contributed by atoms with van der Waals surface area (Å²) in [6.45, 7) is 6.86. The van der Waals surface area contributed by atoms with Gasteiger partial charge in [-0.25, -0.2) is 9.67 Å². The molecule has 0 N–H and O–H groups in total. The molecule has 8 heteroatoms. The summed E-state index contributed by atoms with van der Waals surface area (Å²) < 4.78 is 7.14. The average Bonchev–Trinajstić information content (AvgIpc) is 3.00. The van der Waals surface area contributed by atoms with Crippen molar-refractivity contribution < 1.29 is 9.53 Å². The van der Waals surface area contributed by atoms with Gasteiger partial charge in [-0.3, -0.25) is 4.79 Å². The van der Waals surface area contributed by atoms with Crippen LogP contribution in [0.1, 0.15) is 37.2 Å². The van der Waals surface area contributed by atoms with E-state index in [4.69, 9.17) is 27.9 Å². The van der Waals surface area contributed by atoms with Gasteiger partial charge in [0, 0.05) is 13.0 Å². The fourth-order valence-corrected chi connectivity index (χ4v) is 3.41. The molecule has 0 aliphatic carbocycles. The topological polar surface area (TPSA) is 60.3 Å². The summed E-state index contributed by atoms with van der Waals surface area (Å²) in [5, 5.41) is 5.33. The Morgan fingerprint density at radius 1 is 1.32 bits per heavy atom. The standard InChI is InChI=1S/C17H20Cl2N4O2/c1-4-14-20-16(17(24)22-8-11(3)25-9-10(22)2)21-23(14)15-12(18)6-5-7-13(15)19/h5-7,10-11H,4,8-9H2,1-3H3. The van der Waals surface area contributed by atoms with Crippen molar-refractivity contribution in [3.63, 3.8) is 0 Å². The molecular weight excluding hydrogens is 363 g/mol. The average molecular weight is 383 g/mol. The number of morpholine rings is 1. The highest BCUT2D eigenvalue weighted by molar-refractivity contribution is 6.37. The van der Waals surface area contributed by atoms with Gasteiger partial charge in [0.2, 0.25) is 5.82 Å². The molecule has 0 bridgehead atoms. The van der Waals surface area contributed by atoms with E-state index >= 15 is 0 Å². The molecule has 1 aromatic heterocycles. The molecule has 2 atom stereocenters. The number of hydrogen-bond acceptors (Lipinski definition) is 4. The van der Waals surface area contributed by atoms with E-state index in [1.54, 1.807) is 27.8 Å². The molecule has 1 amide bonds. The second kappa shape index (κ2) is 7.32. The maximum atomic E-state index is 12.9. The second-order valence-electron chi connectivity index (χ2n) is 6.14. The Hall–Kier alpha value is -1.63. The van der Waals surface area contributed by atoms with E-state index in [-0.39, 0.29) is 23.9 Å². The Balaban J connectivity index is 1.99. The summed E-state index contributed by atoms with van der Waals surface area (Å²) in [4.78, 5) is 19.1. The van der Waals surface area contributed by atoms with Crippen molar-refractivity contribution in [1.29, 1.82) is 0 Å². The Labute approximate surface area is 156 Å². The number of amides is 1. The van der Waals surface area contributed by atoms with Crippen molar-refractivity contribution in [3.8, 4) is 5.69 Å². The number of aryl methyl sites for hydroxylation is 1. The molecule has 1 aromatic carbocycles. The van der Waals surface area contributed by atoms with Gasteiger partial charge < -0.3 is 9.64 Å². The zero-order valence-electron chi connectivity index (χ0n) is 14.4. The number of carbonyl (C=O) groups is 1. The molecule has 2 unspecified atom stereocenters. The number of carbonyl (C=O) groups excluding carboxylic acids is 1. The van der Waals surface area contributed by atoms with Crippen LogP contribution in [-0.2, 0) is 11.2 Å². The lowest BCUT2D eigenvalue weighted by Crippen LogP contribution is -2.50. The maximum absolute atomic E-state index is 12.9. The third-order valence-electron chi connectivity index (χ3n) is 4.20. The predicted octanol–water partition coefficient (Wildman–Crippen LogP) is 3.39. The van der Waals surface area contributed by atoms with Crippen molar-refractivity contribution >= 4 is 29.1 Å². The van der Waals surface area contributed by atoms with Crippen LogP contribution in [0.3, 0.4) is 0 Å². The quantitative estimate of drug-likeness (QED) is 0.815. The van der Waals surface area contributed by atoms with Gasteiger partial charge in [0.1, 0.15) is 11.5 Å². The normalized spacial score (nSPS) is 20.8. The summed E-state index contributed by atoms with van der Waals surface area (Å²) in [6.07, 6.45) is 0.586. The fourth-order valence-electron chi connectivity index (χ4n) is 2.85. The summed E-state index contributed by atoms with van der Waals surface area (Å²) in [7, 11) is 0. The molecule has 1 saturated heterocycles. The highest BCUT2D eigenvalue weighted by atomic mass is 35.5. The molecule has 2 aromatic rings. The van der Waals surface area contributed by atoms with Crippen LogP contribution in [0.25, 0.3) is 5.69 Å². The monoisotopic (exact) mass is 382 g/mol. The molecule has 2 heterocycles. The van der Waals surface area contributed by atoms with E-state index in [9.17, 15) is 4.79 Å². The number of ether oxygens (including phenoxy) is 1. The van der Waals surface area contributed by atoms with E-state index in [1.807, 2.05) is 20.8 Å². The molecule has 0 radical (unpaired) electrons. The summed E-state index contributed by atoms with van der Waals surface area (Å²) >= 11 is 12.6. The number of hydrogen-bond donors (Lipinski definition) is 0. The lowest BCUT2D eigenvalue weighted by atomic mass is 10.2. The molecule has 0 saturated carbocycles. The maximum Gasteiger partial charge on any atom is 0.293 e. The van der Waals surface area contributed by atoms with Crippen LogP contribution < -0.4 is 0 Å². The van der Waals surface area contributed by atoms with Crippen LogP contribution in [0, 0.1) is 0 Å². The first-order chi connectivity index (χ1) is 11.9. The number of rotatable bonds is 3. The highest BCUT2D eigenvalue weighted by Crippen LogP contribution is 2.29. The molecule has 6 nitrogen and oxygen atoms in total. The van der Waals surface area contributed by atoms with Crippen molar-refractivity contribution in [2.75, 3.05) is 13.2 Å². The smallest absolute Gasteiger partial charge is 0.293 e. The van der Waals surface area contributed by atoms with Crippen LogP contribution in [-0.4, -0.2) is 50.9 Å². The Morgan fingerprint density at radius 3 is 2.64 bits per heavy atom. The van der Waals surface area contributed by atoms with Crippen molar-refractivity contribution in [3.05, 3.63) is 39.9 Å². The van der Waals surface area contributed by atoms with E-state index in [0.717, 1.165) is 0 Å². The van der Waals surface area contributed by atoms with Crippen LogP contribution in [0.4, 0.5) is 0 Å². The molecule has 1 aliphatic rings. The van der Waals surface area contributed by atoms with Crippen LogP contribution >= 0.6 is 23.2 Å².